The van der Waals surface area contributed by atoms with E-state index in [-0.39, 0.29) is 35.5 Å². The molecule has 0 fully saturated rings. The third kappa shape index (κ3) is 7.62. The summed E-state index contributed by atoms with van der Waals surface area (Å²) in [6, 6.07) is 4.92. The Morgan fingerprint density at radius 2 is 2.09 bits per heavy atom. The number of alkyl halides is 2. The van der Waals surface area contributed by atoms with Gasteiger partial charge in [-0.1, -0.05) is 13.0 Å². The first-order chi connectivity index (χ1) is 10.1. The highest BCUT2D eigenvalue weighted by molar-refractivity contribution is 14.0. The van der Waals surface area contributed by atoms with Gasteiger partial charge in [0.2, 0.25) is 0 Å². The van der Waals surface area contributed by atoms with Crippen LogP contribution in [0.1, 0.15) is 18.9 Å². The van der Waals surface area contributed by atoms with Crippen LogP contribution in [-0.2, 0) is 6.42 Å². The number of guanidine groups is 1. The summed E-state index contributed by atoms with van der Waals surface area (Å²) in [6.45, 7) is 0.357. The number of hydrogen-bond acceptors (Lipinski definition) is 3. The first-order valence-electron chi connectivity index (χ1n) is 6.72. The molecule has 0 saturated heterocycles. The molecule has 0 radical (unpaired) electrons. The topological polar surface area (TPSA) is 68.9 Å². The van der Waals surface area contributed by atoms with Gasteiger partial charge in [0, 0.05) is 13.1 Å². The number of nitrogens with two attached hydrogens (primary N) is 1. The first kappa shape index (κ1) is 20.7. The van der Waals surface area contributed by atoms with E-state index >= 15 is 0 Å². The molecule has 126 valence electrons. The minimum atomic E-state index is -2.89. The summed E-state index contributed by atoms with van der Waals surface area (Å²) in [4.78, 5) is 4.10. The predicted molar refractivity (Wildman–Crippen MR) is 93.5 cm³/mol. The number of ether oxygens (including phenoxy) is 2. The molecule has 1 aromatic carbocycles. The zero-order valence-electron chi connectivity index (χ0n) is 12.6. The lowest BCUT2D eigenvalue weighted by Crippen LogP contribution is -2.33. The smallest absolute Gasteiger partial charge is 0.387 e. The second-order valence-corrected chi connectivity index (χ2v) is 4.31. The average Bonchev–Trinajstić information content (AvgIpc) is 2.45. The lowest BCUT2D eigenvalue weighted by molar-refractivity contribution is -0.0512. The van der Waals surface area contributed by atoms with Gasteiger partial charge in [0.25, 0.3) is 0 Å². The molecule has 0 atom stereocenters. The third-order valence-electron chi connectivity index (χ3n) is 2.67. The summed E-state index contributed by atoms with van der Waals surface area (Å²) in [6.07, 6.45) is 1.53. The SMILES string of the molecule is CCCN=C(N)NCCc1ccc(OC)c(OC(F)F)c1.I. The maximum absolute atomic E-state index is 12.3. The molecule has 0 aliphatic rings. The number of halogens is 3. The molecular formula is C14H22F2IN3O2. The van der Waals surface area contributed by atoms with Gasteiger partial charge in [0.15, 0.2) is 17.5 Å². The van der Waals surface area contributed by atoms with E-state index in [1.54, 1.807) is 12.1 Å². The van der Waals surface area contributed by atoms with Crippen LogP contribution in [0.25, 0.3) is 0 Å². The molecule has 0 aromatic heterocycles. The van der Waals surface area contributed by atoms with Crippen LogP contribution in [0, 0.1) is 0 Å². The normalized spacial score (nSPS) is 11.0. The second kappa shape index (κ2) is 11.3. The van der Waals surface area contributed by atoms with E-state index in [1.165, 1.54) is 13.2 Å². The Balaban J connectivity index is 0.00000441. The number of rotatable bonds is 8. The van der Waals surface area contributed by atoms with Crippen molar-refractivity contribution in [3.63, 3.8) is 0 Å². The molecule has 0 spiro atoms. The van der Waals surface area contributed by atoms with Gasteiger partial charge in [-0.15, -0.1) is 24.0 Å². The van der Waals surface area contributed by atoms with E-state index in [1.807, 2.05) is 6.92 Å². The number of benzene rings is 1. The van der Waals surface area contributed by atoms with Crippen LogP contribution < -0.4 is 20.5 Å². The van der Waals surface area contributed by atoms with Crippen LogP contribution in [0.4, 0.5) is 8.78 Å². The maximum Gasteiger partial charge on any atom is 0.387 e. The molecule has 0 amide bonds. The summed E-state index contributed by atoms with van der Waals surface area (Å²) in [7, 11) is 1.40. The Bertz CT molecular complexity index is 473. The van der Waals surface area contributed by atoms with Crippen LogP contribution in [-0.4, -0.2) is 32.8 Å². The highest BCUT2D eigenvalue weighted by Gasteiger charge is 2.11. The summed E-state index contributed by atoms with van der Waals surface area (Å²) >= 11 is 0. The Kier molecular flexibility index (Phi) is 10.6. The van der Waals surface area contributed by atoms with E-state index in [2.05, 4.69) is 15.0 Å². The molecule has 0 bridgehead atoms. The monoisotopic (exact) mass is 429 g/mol. The number of aliphatic imine (C=N–C) groups is 1. The van der Waals surface area contributed by atoms with Gasteiger partial charge in [-0.3, -0.25) is 4.99 Å². The number of nitrogens with zero attached hydrogens (tertiary/aromatic N) is 1. The van der Waals surface area contributed by atoms with Gasteiger partial charge in [-0.2, -0.15) is 8.78 Å². The van der Waals surface area contributed by atoms with Crippen molar-refractivity contribution in [3.05, 3.63) is 23.8 Å². The van der Waals surface area contributed by atoms with Crippen LogP contribution in [0.3, 0.4) is 0 Å². The van der Waals surface area contributed by atoms with E-state index < -0.39 is 6.61 Å². The minimum Gasteiger partial charge on any atom is -0.493 e. The summed E-state index contributed by atoms with van der Waals surface area (Å²) in [5, 5.41) is 2.96. The van der Waals surface area contributed by atoms with Gasteiger partial charge in [0.1, 0.15) is 0 Å². The largest absolute Gasteiger partial charge is 0.493 e. The van der Waals surface area contributed by atoms with E-state index in [0.29, 0.717) is 25.5 Å². The van der Waals surface area contributed by atoms with Crippen molar-refractivity contribution in [1.29, 1.82) is 0 Å². The van der Waals surface area contributed by atoms with Gasteiger partial charge < -0.3 is 20.5 Å². The highest BCUT2D eigenvalue weighted by Crippen LogP contribution is 2.29. The van der Waals surface area contributed by atoms with Crippen molar-refractivity contribution >= 4 is 29.9 Å². The van der Waals surface area contributed by atoms with Crippen LogP contribution >= 0.6 is 24.0 Å². The quantitative estimate of drug-likeness (QED) is 0.379. The zero-order valence-corrected chi connectivity index (χ0v) is 15.0. The van der Waals surface area contributed by atoms with Gasteiger partial charge in [-0.05, 0) is 30.5 Å². The minimum absolute atomic E-state index is 0. The predicted octanol–water partition coefficient (Wildman–Crippen LogP) is 2.77. The van der Waals surface area contributed by atoms with Crippen molar-refractivity contribution in [2.75, 3.05) is 20.2 Å². The summed E-state index contributed by atoms with van der Waals surface area (Å²) in [5.41, 5.74) is 6.50. The molecule has 8 heteroatoms. The number of hydrogen-bond donors (Lipinski definition) is 2. The van der Waals surface area contributed by atoms with E-state index in [4.69, 9.17) is 10.5 Å². The standard InChI is InChI=1S/C14H21F2N3O2.HI/c1-3-7-18-14(17)19-8-6-10-4-5-11(20-2)12(9-10)21-13(15)16;/h4-5,9,13H,3,6-8H2,1-2H3,(H3,17,18,19);1H. The Hall–Kier alpha value is -1.32. The van der Waals surface area contributed by atoms with Crippen LogP contribution in [0.5, 0.6) is 11.5 Å². The Morgan fingerprint density at radius 3 is 2.68 bits per heavy atom. The number of nitrogens with one attached hydrogen (secondary N) is 1. The molecule has 0 saturated carbocycles. The summed E-state index contributed by atoms with van der Waals surface area (Å²) in [5.74, 6) is 0.683. The Morgan fingerprint density at radius 1 is 1.36 bits per heavy atom. The molecule has 0 aliphatic carbocycles. The zero-order chi connectivity index (χ0) is 15.7. The van der Waals surface area contributed by atoms with Crippen molar-refractivity contribution in [3.8, 4) is 11.5 Å². The van der Waals surface area contributed by atoms with Crippen LogP contribution in [0.15, 0.2) is 23.2 Å². The van der Waals surface area contributed by atoms with E-state index in [9.17, 15) is 8.78 Å². The van der Waals surface area contributed by atoms with Crippen molar-refractivity contribution < 1.29 is 18.3 Å². The molecule has 1 aromatic rings. The fourth-order valence-electron chi connectivity index (χ4n) is 1.69. The second-order valence-electron chi connectivity index (χ2n) is 4.31. The average molecular weight is 429 g/mol. The molecule has 0 heterocycles. The van der Waals surface area contributed by atoms with Gasteiger partial charge in [0.05, 0.1) is 7.11 Å². The highest BCUT2D eigenvalue weighted by atomic mass is 127. The summed E-state index contributed by atoms with van der Waals surface area (Å²) < 4.78 is 34.1. The molecule has 5 nitrogen and oxygen atoms in total. The lowest BCUT2D eigenvalue weighted by Gasteiger charge is -2.12. The molecule has 0 unspecified atom stereocenters. The molecular weight excluding hydrogens is 407 g/mol. The fourth-order valence-corrected chi connectivity index (χ4v) is 1.69. The van der Waals surface area contributed by atoms with Crippen molar-refractivity contribution in [1.82, 2.24) is 5.32 Å². The first-order valence-corrected chi connectivity index (χ1v) is 6.72. The maximum atomic E-state index is 12.3. The van der Waals surface area contributed by atoms with E-state index in [0.717, 1.165) is 12.0 Å². The molecule has 22 heavy (non-hydrogen) atoms. The molecule has 1 rings (SSSR count). The Labute approximate surface area is 146 Å². The fraction of sp³-hybridized carbons (Fsp3) is 0.500. The third-order valence-corrected chi connectivity index (χ3v) is 2.67. The van der Waals surface area contributed by atoms with Crippen molar-refractivity contribution in [2.45, 2.75) is 26.4 Å². The number of methoxy groups -OCH3 is 1. The lowest BCUT2D eigenvalue weighted by atomic mass is 10.1. The van der Waals surface area contributed by atoms with Crippen molar-refractivity contribution in [2.24, 2.45) is 10.7 Å². The molecule has 3 N–H and O–H groups in total. The molecule has 0 aliphatic heterocycles. The van der Waals surface area contributed by atoms with Gasteiger partial charge >= 0.3 is 6.61 Å². The van der Waals surface area contributed by atoms with Crippen LogP contribution in [0.2, 0.25) is 0 Å². The van der Waals surface area contributed by atoms with Gasteiger partial charge in [-0.25, -0.2) is 0 Å².